The summed E-state index contributed by atoms with van der Waals surface area (Å²) in [4.78, 5) is 39.4. The highest BCUT2D eigenvalue weighted by molar-refractivity contribution is 6.33. The van der Waals surface area contributed by atoms with E-state index in [2.05, 4.69) is 29.5 Å². The molecular formula is C22H22ClN5O4. The van der Waals surface area contributed by atoms with Gasteiger partial charge in [0.1, 0.15) is 12.3 Å². The Bertz CT molecular complexity index is 1100. The van der Waals surface area contributed by atoms with Gasteiger partial charge in [-0.2, -0.15) is 5.11 Å². The third kappa shape index (κ3) is 3.91. The van der Waals surface area contributed by atoms with E-state index in [0.29, 0.717) is 23.0 Å². The van der Waals surface area contributed by atoms with E-state index in [1.165, 1.54) is 18.2 Å². The lowest BCUT2D eigenvalue weighted by atomic mass is 10.0. The first-order valence-electron chi connectivity index (χ1n) is 10.1. The van der Waals surface area contributed by atoms with Crippen molar-refractivity contribution in [3.05, 3.63) is 53.1 Å². The third-order valence-electron chi connectivity index (χ3n) is 5.42. The smallest absolute Gasteiger partial charge is 0.263 e. The highest BCUT2D eigenvalue weighted by Crippen LogP contribution is 2.35. The summed E-state index contributed by atoms with van der Waals surface area (Å²) in [6.45, 7) is 3.96. The molecule has 1 saturated heterocycles. The number of amides is 3. The van der Waals surface area contributed by atoms with Crippen LogP contribution in [0.4, 0.5) is 11.4 Å². The number of rotatable bonds is 6. The molecule has 9 nitrogen and oxygen atoms in total. The lowest BCUT2D eigenvalue weighted by molar-refractivity contribution is -0.123. The topological polar surface area (TPSA) is 104 Å². The highest BCUT2D eigenvalue weighted by atomic mass is 35.5. The zero-order valence-corrected chi connectivity index (χ0v) is 18.5. The Morgan fingerprint density at radius 2 is 1.88 bits per heavy atom. The Labute approximate surface area is 190 Å². The number of carbonyl (C=O) groups is 3. The molecule has 2 heterocycles. The fourth-order valence-corrected chi connectivity index (χ4v) is 3.95. The molecule has 0 bridgehead atoms. The fourth-order valence-electron chi connectivity index (χ4n) is 3.70. The molecule has 2 atom stereocenters. The minimum absolute atomic E-state index is 0.215. The summed E-state index contributed by atoms with van der Waals surface area (Å²) in [6.07, 6.45) is 0. The van der Waals surface area contributed by atoms with Gasteiger partial charge in [0.2, 0.25) is 5.91 Å². The molecule has 32 heavy (non-hydrogen) atoms. The molecule has 1 N–H and O–H groups in total. The molecule has 0 radical (unpaired) electrons. The fraction of sp³-hybridized carbons (Fsp3) is 0.318. The molecule has 3 amide bonds. The van der Waals surface area contributed by atoms with Crippen molar-refractivity contribution >= 4 is 40.7 Å². The van der Waals surface area contributed by atoms with Gasteiger partial charge in [0.15, 0.2) is 12.1 Å². The van der Waals surface area contributed by atoms with Crippen LogP contribution in [0.3, 0.4) is 0 Å². The van der Waals surface area contributed by atoms with E-state index in [0.717, 1.165) is 10.5 Å². The van der Waals surface area contributed by atoms with Gasteiger partial charge in [-0.05, 0) is 41.8 Å². The van der Waals surface area contributed by atoms with E-state index in [4.69, 9.17) is 16.3 Å². The minimum Gasteiger partial charge on any atom is -0.495 e. The normalized spacial score (nSPS) is 19.7. The van der Waals surface area contributed by atoms with Crippen LogP contribution in [-0.4, -0.2) is 48.5 Å². The number of hydrogen-bond donors (Lipinski definition) is 1. The molecule has 1 fully saturated rings. The van der Waals surface area contributed by atoms with Crippen molar-refractivity contribution in [2.45, 2.75) is 31.8 Å². The van der Waals surface area contributed by atoms with Gasteiger partial charge >= 0.3 is 0 Å². The summed E-state index contributed by atoms with van der Waals surface area (Å²) in [7, 11) is 1.47. The summed E-state index contributed by atoms with van der Waals surface area (Å²) in [6, 6.07) is 10.2. The molecule has 2 aromatic rings. The second kappa shape index (κ2) is 8.58. The summed E-state index contributed by atoms with van der Waals surface area (Å²) >= 11 is 6.15. The van der Waals surface area contributed by atoms with Crippen LogP contribution in [0, 0.1) is 0 Å². The Morgan fingerprint density at radius 1 is 1.16 bits per heavy atom. The molecule has 0 saturated carbocycles. The summed E-state index contributed by atoms with van der Waals surface area (Å²) in [5.74, 6) is -0.587. The maximum absolute atomic E-state index is 13.1. The van der Waals surface area contributed by atoms with Crippen molar-refractivity contribution in [3.8, 4) is 5.75 Å². The lowest BCUT2D eigenvalue weighted by Gasteiger charge is -2.20. The highest BCUT2D eigenvalue weighted by Gasteiger charge is 2.55. The van der Waals surface area contributed by atoms with Gasteiger partial charge < -0.3 is 10.1 Å². The average molecular weight is 456 g/mol. The number of methoxy groups -OCH3 is 1. The van der Waals surface area contributed by atoms with Crippen LogP contribution < -0.4 is 15.0 Å². The summed E-state index contributed by atoms with van der Waals surface area (Å²) in [5, 5.41) is 12.1. The number of anilines is 2. The van der Waals surface area contributed by atoms with Crippen LogP contribution in [0.1, 0.15) is 25.3 Å². The van der Waals surface area contributed by atoms with Gasteiger partial charge in [-0.15, -0.1) is 0 Å². The van der Waals surface area contributed by atoms with Crippen molar-refractivity contribution in [1.29, 1.82) is 0 Å². The van der Waals surface area contributed by atoms with E-state index < -0.39 is 23.9 Å². The van der Waals surface area contributed by atoms with E-state index in [9.17, 15) is 14.4 Å². The molecule has 4 rings (SSSR count). The van der Waals surface area contributed by atoms with Gasteiger partial charge in [-0.1, -0.05) is 42.8 Å². The first-order valence-corrected chi connectivity index (χ1v) is 10.5. The molecule has 0 spiro atoms. The molecule has 0 aromatic heterocycles. The predicted molar refractivity (Wildman–Crippen MR) is 119 cm³/mol. The first-order chi connectivity index (χ1) is 15.3. The second-order valence-electron chi connectivity index (χ2n) is 7.85. The van der Waals surface area contributed by atoms with Crippen molar-refractivity contribution in [3.63, 3.8) is 0 Å². The van der Waals surface area contributed by atoms with Crippen LogP contribution in [0.15, 0.2) is 52.8 Å². The number of halogens is 1. The largest absolute Gasteiger partial charge is 0.495 e. The number of hydrogen-bond acceptors (Lipinski definition) is 7. The number of imide groups is 1. The molecular weight excluding hydrogens is 434 g/mol. The third-order valence-corrected chi connectivity index (χ3v) is 5.71. The first kappa shape index (κ1) is 21.8. The number of carbonyl (C=O) groups excluding carboxylic acids is 3. The van der Waals surface area contributed by atoms with Gasteiger partial charge in [0.25, 0.3) is 11.8 Å². The number of fused-ring (bicyclic) bond motifs is 1. The van der Waals surface area contributed by atoms with E-state index in [-0.39, 0.29) is 17.5 Å². The monoisotopic (exact) mass is 455 g/mol. The molecule has 10 heteroatoms. The Balaban J connectivity index is 1.46. The molecule has 2 aromatic carbocycles. The SMILES string of the molecule is COc1ccc(N2C(=O)C3N=NN(CC(=O)Nc4ccc(C(C)C)cc4)C3C2=O)cc1Cl. The minimum atomic E-state index is -0.999. The predicted octanol–water partition coefficient (Wildman–Crippen LogP) is 3.40. The summed E-state index contributed by atoms with van der Waals surface area (Å²) in [5.41, 5.74) is 2.11. The van der Waals surface area contributed by atoms with Crippen molar-refractivity contribution < 1.29 is 19.1 Å². The van der Waals surface area contributed by atoms with Crippen LogP contribution in [-0.2, 0) is 14.4 Å². The van der Waals surface area contributed by atoms with Gasteiger partial charge in [-0.25, -0.2) is 4.90 Å². The maximum Gasteiger partial charge on any atom is 0.263 e. The van der Waals surface area contributed by atoms with E-state index in [1.54, 1.807) is 12.1 Å². The second-order valence-corrected chi connectivity index (χ2v) is 8.25. The Kier molecular flexibility index (Phi) is 5.84. The van der Waals surface area contributed by atoms with Crippen molar-refractivity contribution in [2.24, 2.45) is 10.3 Å². The maximum atomic E-state index is 13.1. The lowest BCUT2D eigenvalue weighted by Crippen LogP contribution is -2.43. The van der Waals surface area contributed by atoms with Gasteiger partial charge in [0, 0.05) is 5.69 Å². The molecule has 2 unspecified atom stereocenters. The molecule has 2 aliphatic heterocycles. The number of ether oxygens (including phenoxy) is 1. The van der Waals surface area contributed by atoms with Crippen LogP contribution >= 0.6 is 11.6 Å². The Hall–Kier alpha value is -3.46. The van der Waals surface area contributed by atoms with E-state index >= 15 is 0 Å². The molecule has 166 valence electrons. The molecule has 0 aliphatic carbocycles. The van der Waals surface area contributed by atoms with Crippen LogP contribution in [0.2, 0.25) is 5.02 Å². The number of nitrogens with one attached hydrogen (secondary N) is 1. The van der Waals surface area contributed by atoms with E-state index in [1.807, 2.05) is 24.3 Å². The van der Waals surface area contributed by atoms with Crippen LogP contribution in [0.5, 0.6) is 5.75 Å². The zero-order chi connectivity index (χ0) is 23.0. The average Bonchev–Trinajstić information content (AvgIpc) is 3.27. The van der Waals surface area contributed by atoms with Crippen molar-refractivity contribution in [2.75, 3.05) is 23.9 Å². The van der Waals surface area contributed by atoms with Crippen molar-refractivity contribution in [1.82, 2.24) is 5.01 Å². The zero-order valence-electron chi connectivity index (χ0n) is 17.8. The standard InChI is InChI=1S/C22H22ClN5O4/c1-12(2)13-4-6-14(7-5-13)24-18(29)11-27-20-19(25-26-27)21(30)28(22(20)31)15-8-9-17(32-3)16(23)10-15/h4-10,12,19-20H,11H2,1-3H3,(H,24,29). The number of benzene rings is 2. The quantitative estimate of drug-likeness (QED) is 0.672. The van der Waals surface area contributed by atoms with Crippen LogP contribution in [0.25, 0.3) is 0 Å². The van der Waals surface area contributed by atoms with Gasteiger partial charge in [0.05, 0.1) is 17.8 Å². The summed E-state index contributed by atoms with van der Waals surface area (Å²) < 4.78 is 5.11. The molecule has 2 aliphatic rings. The van der Waals surface area contributed by atoms with Gasteiger partial charge in [-0.3, -0.25) is 19.4 Å². The Morgan fingerprint density at radius 3 is 2.50 bits per heavy atom. The number of nitrogens with zero attached hydrogens (tertiary/aromatic N) is 4.